The topological polar surface area (TPSA) is 70.3 Å². The predicted octanol–water partition coefficient (Wildman–Crippen LogP) is 2.37. The van der Waals surface area contributed by atoms with Gasteiger partial charge in [-0.1, -0.05) is 0 Å². The number of anilines is 1. The van der Waals surface area contributed by atoms with Gasteiger partial charge in [-0.2, -0.15) is 0 Å². The second-order valence-corrected chi connectivity index (χ2v) is 5.05. The molecule has 0 fully saturated rings. The number of hydrogen-bond acceptors (Lipinski definition) is 5. The lowest BCUT2D eigenvalue weighted by atomic mass is 10.1. The van der Waals surface area contributed by atoms with Crippen LogP contribution in [0, 0.1) is 6.92 Å². The molecule has 0 aliphatic carbocycles. The Morgan fingerprint density at radius 1 is 1.30 bits per heavy atom. The number of benzene rings is 1. The Labute approximate surface area is 117 Å². The summed E-state index contributed by atoms with van der Waals surface area (Å²) in [5.74, 6) is 2.62. The monoisotopic (exact) mass is 271 g/mol. The maximum atomic E-state index is 5.80. The first-order valence-corrected chi connectivity index (χ1v) is 6.56. The van der Waals surface area contributed by atoms with Gasteiger partial charge in [-0.05, 0) is 26.0 Å². The van der Waals surface area contributed by atoms with Crippen molar-refractivity contribution in [3.05, 3.63) is 29.5 Å². The van der Waals surface area contributed by atoms with Crippen molar-refractivity contribution >= 4 is 5.82 Å². The van der Waals surface area contributed by atoms with Crippen LogP contribution in [0.3, 0.4) is 0 Å². The molecule has 2 N–H and O–H groups in total. The molecule has 1 aliphatic heterocycles. The van der Waals surface area contributed by atoms with E-state index in [0.29, 0.717) is 11.6 Å². The summed E-state index contributed by atoms with van der Waals surface area (Å²) >= 11 is 0. The highest BCUT2D eigenvalue weighted by atomic mass is 16.5. The molecule has 0 spiro atoms. The first-order valence-electron chi connectivity index (χ1n) is 6.56. The van der Waals surface area contributed by atoms with Crippen LogP contribution in [-0.2, 0) is 6.42 Å². The van der Waals surface area contributed by atoms with Crippen molar-refractivity contribution in [1.82, 2.24) is 9.97 Å². The van der Waals surface area contributed by atoms with Crippen molar-refractivity contribution in [2.24, 2.45) is 0 Å². The molecule has 5 nitrogen and oxygen atoms in total. The SMILES string of the molecule is COc1cc2c(cc1-c1nc(C)cc(N)n1)OC(C)C2. The zero-order chi connectivity index (χ0) is 14.3. The second-order valence-electron chi connectivity index (χ2n) is 5.05. The van der Waals surface area contributed by atoms with E-state index in [2.05, 4.69) is 9.97 Å². The lowest BCUT2D eigenvalue weighted by Gasteiger charge is -2.11. The van der Waals surface area contributed by atoms with Gasteiger partial charge in [0.15, 0.2) is 5.82 Å². The van der Waals surface area contributed by atoms with Gasteiger partial charge in [0.2, 0.25) is 0 Å². The molecule has 1 aliphatic rings. The highest BCUT2D eigenvalue weighted by molar-refractivity contribution is 5.69. The van der Waals surface area contributed by atoms with Crippen LogP contribution in [0.2, 0.25) is 0 Å². The van der Waals surface area contributed by atoms with E-state index in [4.69, 9.17) is 15.2 Å². The molecule has 0 radical (unpaired) electrons. The van der Waals surface area contributed by atoms with Crippen LogP contribution in [0.5, 0.6) is 11.5 Å². The molecular formula is C15H17N3O2. The highest BCUT2D eigenvalue weighted by Gasteiger charge is 2.23. The van der Waals surface area contributed by atoms with Crippen LogP contribution >= 0.6 is 0 Å². The molecule has 1 unspecified atom stereocenters. The van der Waals surface area contributed by atoms with Gasteiger partial charge < -0.3 is 15.2 Å². The fourth-order valence-electron chi connectivity index (χ4n) is 2.50. The van der Waals surface area contributed by atoms with Gasteiger partial charge in [0.25, 0.3) is 0 Å². The summed E-state index contributed by atoms with van der Waals surface area (Å²) in [5, 5.41) is 0. The zero-order valence-corrected chi connectivity index (χ0v) is 11.8. The Balaban J connectivity index is 2.15. The second kappa shape index (κ2) is 4.67. The summed E-state index contributed by atoms with van der Waals surface area (Å²) in [6.07, 6.45) is 1.08. The third-order valence-corrected chi connectivity index (χ3v) is 3.33. The maximum Gasteiger partial charge on any atom is 0.165 e. The summed E-state index contributed by atoms with van der Waals surface area (Å²) < 4.78 is 11.3. The van der Waals surface area contributed by atoms with E-state index in [9.17, 15) is 0 Å². The largest absolute Gasteiger partial charge is 0.496 e. The molecule has 0 saturated heterocycles. The Morgan fingerprint density at radius 2 is 2.10 bits per heavy atom. The normalized spacial score (nSPS) is 16.6. The highest BCUT2D eigenvalue weighted by Crippen LogP contribution is 2.38. The molecule has 20 heavy (non-hydrogen) atoms. The fraction of sp³-hybridized carbons (Fsp3) is 0.333. The van der Waals surface area contributed by atoms with E-state index in [1.54, 1.807) is 13.2 Å². The van der Waals surface area contributed by atoms with E-state index in [1.807, 2.05) is 26.0 Å². The number of ether oxygens (including phenoxy) is 2. The summed E-state index contributed by atoms with van der Waals surface area (Å²) in [5.41, 5.74) is 8.58. The third-order valence-electron chi connectivity index (χ3n) is 3.33. The molecule has 1 aromatic heterocycles. The van der Waals surface area contributed by atoms with Crippen LogP contribution in [0.25, 0.3) is 11.4 Å². The van der Waals surface area contributed by atoms with E-state index in [0.717, 1.165) is 34.7 Å². The number of nitrogens with two attached hydrogens (primary N) is 1. The van der Waals surface area contributed by atoms with E-state index in [-0.39, 0.29) is 6.10 Å². The minimum absolute atomic E-state index is 0.188. The standard InChI is InChI=1S/C15H17N3O2/c1-8-4-14(16)18-15(17-8)11-7-12-10(5-9(2)20-12)6-13(11)19-3/h4,6-7,9H,5H2,1-3H3,(H2,16,17,18). The number of hydrogen-bond donors (Lipinski definition) is 1. The number of aryl methyl sites for hydroxylation is 1. The number of aromatic nitrogens is 2. The minimum Gasteiger partial charge on any atom is -0.496 e. The van der Waals surface area contributed by atoms with Crippen molar-refractivity contribution in [3.8, 4) is 22.9 Å². The first-order chi connectivity index (χ1) is 9.56. The van der Waals surface area contributed by atoms with Crippen LogP contribution in [0.4, 0.5) is 5.82 Å². The van der Waals surface area contributed by atoms with E-state index >= 15 is 0 Å². The predicted molar refractivity (Wildman–Crippen MR) is 77.0 cm³/mol. The Morgan fingerprint density at radius 3 is 2.80 bits per heavy atom. The fourth-order valence-corrected chi connectivity index (χ4v) is 2.50. The average Bonchev–Trinajstić information content (AvgIpc) is 2.75. The van der Waals surface area contributed by atoms with Crippen LogP contribution in [-0.4, -0.2) is 23.2 Å². The van der Waals surface area contributed by atoms with Crippen molar-refractivity contribution in [2.45, 2.75) is 26.4 Å². The number of rotatable bonds is 2. The molecule has 0 saturated carbocycles. The summed E-state index contributed by atoms with van der Waals surface area (Å²) in [4.78, 5) is 8.72. The van der Waals surface area contributed by atoms with Crippen molar-refractivity contribution in [3.63, 3.8) is 0 Å². The number of nitrogens with zero attached hydrogens (tertiary/aromatic N) is 2. The van der Waals surface area contributed by atoms with Gasteiger partial charge >= 0.3 is 0 Å². The quantitative estimate of drug-likeness (QED) is 0.908. The molecular weight excluding hydrogens is 254 g/mol. The number of nitrogen functional groups attached to an aromatic ring is 1. The molecule has 3 rings (SSSR count). The molecule has 1 atom stereocenters. The smallest absolute Gasteiger partial charge is 0.165 e. The van der Waals surface area contributed by atoms with Crippen LogP contribution in [0.1, 0.15) is 18.2 Å². The molecule has 0 bridgehead atoms. The average molecular weight is 271 g/mol. The van der Waals surface area contributed by atoms with E-state index < -0.39 is 0 Å². The minimum atomic E-state index is 0.188. The first kappa shape index (κ1) is 12.7. The lowest BCUT2D eigenvalue weighted by Crippen LogP contribution is -2.05. The molecule has 1 aromatic carbocycles. The summed E-state index contributed by atoms with van der Waals surface area (Å²) in [7, 11) is 1.64. The van der Waals surface area contributed by atoms with Gasteiger partial charge in [0.1, 0.15) is 23.4 Å². The number of fused-ring (bicyclic) bond motifs is 1. The van der Waals surface area contributed by atoms with Gasteiger partial charge in [-0.15, -0.1) is 0 Å². The van der Waals surface area contributed by atoms with Gasteiger partial charge in [-0.3, -0.25) is 0 Å². The lowest BCUT2D eigenvalue weighted by molar-refractivity contribution is 0.254. The van der Waals surface area contributed by atoms with Gasteiger partial charge in [-0.25, -0.2) is 9.97 Å². The Bertz CT molecular complexity index is 650. The molecule has 104 valence electrons. The van der Waals surface area contributed by atoms with Crippen molar-refractivity contribution < 1.29 is 9.47 Å². The van der Waals surface area contributed by atoms with Crippen LogP contribution in [0.15, 0.2) is 18.2 Å². The Hall–Kier alpha value is -2.30. The molecule has 5 heteroatoms. The molecule has 0 amide bonds. The number of methoxy groups -OCH3 is 1. The van der Waals surface area contributed by atoms with E-state index in [1.165, 1.54) is 0 Å². The Kier molecular flexibility index (Phi) is 2.97. The summed E-state index contributed by atoms with van der Waals surface area (Å²) in [6, 6.07) is 5.67. The zero-order valence-electron chi connectivity index (χ0n) is 11.8. The van der Waals surface area contributed by atoms with Gasteiger partial charge in [0.05, 0.1) is 12.7 Å². The van der Waals surface area contributed by atoms with Gasteiger partial charge in [0, 0.05) is 23.7 Å². The van der Waals surface area contributed by atoms with Crippen molar-refractivity contribution in [2.75, 3.05) is 12.8 Å². The molecule has 2 heterocycles. The summed E-state index contributed by atoms with van der Waals surface area (Å²) in [6.45, 7) is 3.94. The van der Waals surface area contributed by atoms with Crippen molar-refractivity contribution in [1.29, 1.82) is 0 Å². The maximum absolute atomic E-state index is 5.80. The van der Waals surface area contributed by atoms with Crippen LogP contribution < -0.4 is 15.2 Å². The third kappa shape index (κ3) is 2.15. The molecule has 2 aromatic rings.